The number of hydrogen-bond acceptors (Lipinski definition) is 17. The third kappa shape index (κ3) is 16.9. The largest absolute Gasteiger partial charge is 3.00 e. The molecule has 0 aliphatic carbocycles. The van der Waals surface area contributed by atoms with Crippen LogP contribution in [0.2, 0.25) is 0 Å². The van der Waals surface area contributed by atoms with E-state index >= 15 is 0 Å². The molecule has 3 heterocycles. The second kappa shape index (κ2) is 25.3. The minimum absolute atomic E-state index is 0. The number of nitrogens with zero attached hydrogens (tertiary/aromatic N) is 6. The number of rotatable bonds is 20. The zero-order valence-corrected chi connectivity index (χ0v) is 34.6. The van der Waals surface area contributed by atoms with Gasteiger partial charge in [0.1, 0.15) is 5.75 Å². The van der Waals surface area contributed by atoms with Gasteiger partial charge in [-0.1, -0.05) is 0 Å². The predicted molar refractivity (Wildman–Crippen MR) is 195 cm³/mol. The van der Waals surface area contributed by atoms with Gasteiger partial charge in [-0.25, -0.2) is 4.98 Å². The molecule has 4 rings (SSSR count). The zero-order valence-electron chi connectivity index (χ0n) is 31.5. The van der Waals surface area contributed by atoms with Gasteiger partial charge < -0.3 is 55.0 Å². The Morgan fingerprint density at radius 2 is 1.35 bits per heavy atom. The van der Waals surface area contributed by atoms with Crippen molar-refractivity contribution in [2.45, 2.75) is 43.4 Å². The number of aromatic nitrogens is 3. The van der Waals surface area contributed by atoms with Crippen LogP contribution in [0.3, 0.4) is 0 Å². The van der Waals surface area contributed by atoms with Crippen LogP contribution in [0.1, 0.15) is 36.1 Å². The molecular weight excluding hydrogens is 910 g/mol. The molecule has 1 amide bonds. The Labute approximate surface area is 364 Å². The van der Waals surface area contributed by atoms with Gasteiger partial charge in [0.2, 0.25) is 5.91 Å². The topological polar surface area (TPSA) is 271 Å². The van der Waals surface area contributed by atoms with Gasteiger partial charge in [0.05, 0.1) is 77.6 Å². The van der Waals surface area contributed by atoms with E-state index in [4.69, 9.17) is 4.74 Å². The Balaban J connectivity index is 0.00000870. The van der Waals surface area contributed by atoms with Crippen LogP contribution in [-0.2, 0) is 48.9 Å². The van der Waals surface area contributed by atoms with Crippen molar-refractivity contribution in [3.63, 3.8) is 0 Å². The molecule has 1 aromatic carbocycles. The third-order valence-corrected chi connectivity index (χ3v) is 10.4. The summed E-state index contributed by atoms with van der Waals surface area (Å²) in [6, 6.07) is 6.90. The smallest absolute Gasteiger partial charge is 0.549 e. The third-order valence-electron chi connectivity index (χ3n) is 9.25. The first-order valence-corrected chi connectivity index (χ1v) is 19.7. The quantitative estimate of drug-likeness (QED) is 0.0776. The van der Waals surface area contributed by atoms with Gasteiger partial charge in [-0.3, -0.25) is 33.6 Å². The number of nitrogens with one attached hydrogen (secondary N) is 2. The van der Waals surface area contributed by atoms with Crippen molar-refractivity contribution in [3.05, 3.63) is 47.3 Å². The van der Waals surface area contributed by atoms with Crippen molar-refractivity contribution in [3.8, 4) is 5.75 Å². The minimum atomic E-state index is -1.59. The van der Waals surface area contributed by atoms with Crippen LogP contribution in [0, 0.1) is 39.9 Å². The fourth-order valence-electron chi connectivity index (χ4n) is 6.24. The van der Waals surface area contributed by atoms with E-state index in [1.807, 2.05) is 4.90 Å². The second-order valence-corrected chi connectivity index (χ2v) is 14.8. The molecule has 1 fully saturated rings. The molecule has 1 saturated heterocycles. The average Bonchev–Trinajstić information content (AvgIpc) is 3.58. The summed E-state index contributed by atoms with van der Waals surface area (Å²) in [6.45, 7) is 1.16. The van der Waals surface area contributed by atoms with Crippen molar-refractivity contribution in [2.75, 3.05) is 91.7 Å². The molecule has 0 spiro atoms. The Hall–Kier alpha value is -3.25. The Morgan fingerprint density at radius 1 is 0.789 bits per heavy atom. The first-order valence-electron chi connectivity index (χ1n) is 18.4. The number of fused-ring (bicyclic) bond motifs is 1. The normalized spacial score (nSPS) is 15.9. The van der Waals surface area contributed by atoms with Crippen LogP contribution < -0.4 is 25.4 Å². The van der Waals surface area contributed by atoms with Gasteiger partial charge in [-0.15, -0.1) is 0 Å². The number of carboxylic acids is 3. The molecule has 4 N–H and O–H groups in total. The van der Waals surface area contributed by atoms with Gasteiger partial charge in [-0.05, 0) is 43.0 Å². The summed E-state index contributed by atoms with van der Waals surface area (Å²) in [7, 11) is -1.59. The van der Waals surface area contributed by atoms with Gasteiger partial charge in [-0.2, -0.15) is 0 Å². The molecule has 19 nitrogen and oxygen atoms in total. The molecule has 2 aromatic heterocycles. The van der Waals surface area contributed by atoms with Crippen LogP contribution in [0.4, 0.5) is 0 Å². The number of ether oxygens (including phenoxy) is 1. The fraction of sp³-hybridized carbons (Fsp3) is 0.556. The van der Waals surface area contributed by atoms with E-state index in [-0.39, 0.29) is 135 Å². The van der Waals surface area contributed by atoms with E-state index in [2.05, 4.69) is 20.3 Å². The van der Waals surface area contributed by atoms with E-state index < -0.39 is 28.7 Å². The number of aliphatic hydroxyl groups is 2. The Morgan fingerprint density at radius 3 is 1.88 bits per heavy atom. The molecule has 1 aliphatic rings. The predicted octanol–water partition coefficient (Wildman–Crippen LogP) is -4.61. The maximum atomic E-state index is 13.1. The number of carbonyl (C=O) groups is 4. The van der Waals surface area contributed by atoms with E-state index in [0.717, 1.165) is 6.42 Å². The number of hydrogen-bond donors (Lipinski definition) is 4. The van der Waals surface area contributed by atoms with Crippen LogP contribution in [0.5, 0.6) is 5.75 Å². The van der Waals surface area contributed by atoms with Crippen molar-refractivity contribution < 1.29 is 93.6 Å². The fourth-order valence-corrected chi connectivity index (χ4v) is 7.30. The molecule has 57 heavy (non-hydrogen) atoms. The van der Waals surface area contributed by atoms with Crippen molar-refractivity contribution in [1.82, 2.24) is 39.9 Å². The van der Waals surface area contributed by atoms with Crippen LogP contribution in [0.25, 0.3) is 11.0 Å². The molecule has 1 aliphatic heterocycles. The maximum absolute atomic E-state index is 13.1. The number of unbranched alkanes of at least 4 members (excludes halogenated alkanes) is 2. The van der Waals surface area contributed by atoms with Gasteiger partial charge in [0.25, 0.3) is 0 Å². The van der Waals surface area contributed by atoms with E-state index in [1.165, 1.54) is 6.20 Å². The number of benzene rings is 1. The van der Waals surface area contributed by atoms with Gasteiger partial charge in [0.15, 0.2) is 5.16 Å². The first-order chi connectivity index (χ1) is 26.9. The molecule has 1 unspecified atom stereocenters. The number of H-pyrrole nitrogens is 1. The summed E-state index contributed by atoms with van der Waals surface area (Å²) >= 11 is 0. The summed E-state index contributed by atoms with van der Waals surface area (Å²) in [5, 5.41) is 56.5. The van der Waals surface area contributed by atoms with Crippen LogP contribution in [-0.4, -0.2) is 164 Å². The number of imidazole rings is 1. The number of pyridine rings is 1. The molecule has 313 valence electrons. The molecule has 21 heteroatoms. The number of aromatic amines is 1. The number of carbonyl (C=O) groups excluding carboxylic acids is 4. The summed E-state index contributed by atoms with van der Waals surface area (Å²) < 4.78 is 19.0. The summed E-state index contributed by atoms with van der Waals surface area (Å²) in [6.07, 6.45) is 3.68. The minimum Gasteiger partial charge on any atom is -0.549 e. The monoisotopic (exact) mass is 959 g/mol. The molecular formula is C36H49GdN8O11S. The van der Waals surface area contributed by atoms with Gasteiger partial charge in [0, 0.05) is 96.4 Å². The van der Waals surface area contributed by atoms with Crippen molar-refractivity contribution >= 4 is 45.6 Å². The number of aliphatic hydroxyl groups excluding tert-OH is 2. The SMILES string of the molecule is O=C([O-])CN1CCN(CC(=O)[O-])CCN(CC(=O)NCCCCCOc2ccc3nc(S(=O)Cc4nccc(CO)c4CO)[nH]c3c2)CCN(CC(=O)[O-])CC1.[Gd+3]. The number of amides is 1. The van der Waals surface area contributed by atoms with E-state index in [9.17, 15) is 48.9 Å². The number of aliphatic carboxylic acids is 3. The maximum Gasteiger partial charge on any atom is 3.00 e. The van der Waals surface area contributed by atoms with Crippen LogP contribution in [0.15, 0.2) is 35.6 Å². The summed E-state index contributed by atoms with van der Waals surface area (Å²) in [5.41, 5.74) is 2.64. The van der Waals surface area contributed by atoms with E-state index in [1.54, 1.807) is 39.0 Å². The standard InChI is InChI=1S/C36H52N8O11S.Gd/c45-23-26-6-8-37-31(28(26)24-46)25-56(54)36-39-29-5-4-27(18-30(29)40-36)55-17-3-1-2-7-38-32(47)19-41-9-11-42(20-33(48)49)13-15-44(22-35(52)53)16-14-43(12-10-41)21-34(50)51;/h4-6,8,18,45-46H,1-3,7,9-17,19-25H2,(H,38,47)(H,39,40)(H,48,49)(H,50,51)(H,52,53);/q;+3/p-3. The second-order valence-electron chi connectivity index (χ2n) is 13.4. The van der Waals surface area contributed by atoms with E-state index in [0.29, 0.717) is 72.7 Å². The van der Waals surface area contributed by atoms with Crippen molar-refractivity contribution in [1.29, 1.82) is 0 Å². The number of carboxylic acid groups (broad SMARTS) is 3. The summed E-state index contributed by atoms with van der Waals surface area (Å²) in [5.74, 6) is -3.48. The molecule has 0 saturated carbocycles. The molecule has 1 atom stereocenters. The first kappa shape index (κ1) is 48.1. The Bertz CT molecular complexity index is 1770. The zero-order chi connectivity index (χ0) is 40.5. The molecule has 1 radical (unpaired) electrons. The molecule has 3 aromatic rings. The van der Waals surface area contributed by atoms with Crippen LogP contribution >= 0.6 is 0 Å². The van der Waals surface area contributed by atoms with Gasteiger partial charge >= 0.3 is 39.9 Å². The summed E-state index contributed by atoms with van der Waals surface area (Å²) in [4.78, 5) is 65.3. The van der Waals surface area contributed by atoms with Crippen molar-refractivity contribution in [2.24, 2.45) is 0 Å². The average molecular weight is 959 g/mol. The Kier molecular flexibility index (Phi) is 21.3. The molecule has 0 bridgehead atoms.